The number of nitrogens with one attached hydrogen (secondary N) is 1. The maximum absolute atomic E-state index is 12.8. The quantitative estimate of drug-likeness (QED) is 0.0988. The molecule has 5 aromatic rings. The zero-order valence-electron chi connectivity index (χ0n) is 20.4. The number of ether oxygens (including phenoxy) is 2. The van der Waals surface area contributed by atoms with E-state index in [9.17, 15) is 9.59 Å². The number of hydrazone groups is 1. The molecule has 0 spiro atoms. The Morgan fingerprint density at radius 1 is 1.05 bits per heavy atom. The molecule has 0 unspecified atom stereocenters. The molecule has 0 saturated carbocycles. The molecule has 5 rings (SSSR count). The Bertz CT molecular complexity index is 1700. The van der Waals surface area contributed by atoms with E-state index in [-0.39, 0.29) is 11.4 Å². The molecule has 1 N–H and O–H groups in total. The number of carbonyl (C=O) groups is 2. The van der Waals surface area contributed by atoms with E-state index in [0.717, 1.165) is 15.6 Å². The number of esters is 1. The van der Waals surface area contributed by atoms with Crippen molar-refractivity contribution in [2.45, 2.75) is 6.54 Å². The van der Waals surface area contributed by atoms with Crippen LogP contribution >= 0.6 is 34.5 Å². The fraction of sp³-hybridized carbons (Fsp3) is 0.0714. The predicted octanol–water partition coefficient (Wildman–Crippen LogP) is 6.44. The number of aromatic nitrogens is 2. The van der Waals surface area contributed by atoms with E-state index in [1.54, 1.807) is 47.3 Å². The Morgan fingerprint density at radius 2 is 1.85 bits per heavy atom. The van der Waals surface area contributed by atoms with Crippen molar-refractivity contribution in [1.82, 2.24) is 15.2 Å². The molecule has 196 valence electrons. The summed E-state index contributed by atoms with van der Waals surface area (Å²) in [5.74, 6) is -0.497. The largest absolute Gasteiger partial charge is 0.493 e. The average Bonchev–Trinajstić information content (AvgIpc) is 3.55. The number of nitrogens with zero attached hydrogens (tertiary/aromatic N) is 3. The van der Waals surface area contributed by atoms with E-state index in [1.807, 2.05) is 36.4 Å². The van der Waals surface area contributed by atoms with Crippen molar-refractivity contribution in [3.63, 3.8) is 0 Å². The Kier molecular flexibility index (Phi) is 7.92. The van der Waals surface area contributed by atoms with Crippen LogP contribution in [-0.4, -0.2) is 35.0 Å². The van der Waals surface area contributed by atoms with Crippen LogP contribution in [0.15, 0.2) is 84.1 Å². The molecule has 0 aliphatic carbocycles. The summed E-state index contributed by atoms with van der Waals surface area (Å²) >= 11 is 13.6. The number of methoxy groups -OCH3 is 1. The number of benzene rings is 3. The molecule has 0 aliphatic heterocycles. The fourth-order valence-corrected chi connectivity index (χ4v) is 5.22. The third-order valence-corrected chi connectivity index (χ3v) is 7.53. The highest BCUT2D eigenvalue weighted by Gasteiger charge is 2.20. The van der Waals surface area contributed by atoms with Gasteiger partial charge in [0.15, 0.2) is 17.2 Å². The lowest BCUT2D eigenvalue weighted by Crippen LogP contribution is -2.18. The lowest BCUT2D eigenvalue weighted by molar-refractivity contribution is 0.0734. The van der Waals surface area contributed by atoms with Gasteiger partial charge in [-0.25, -0.2) is 10.2 Å². The highest BCUT2D eigenvalue weighted by atomic mass is 35.5. The zero-order valence-corrected chi connectivity index (χ0v) is 22.8. The van der Waals surface area contributed by atoms with Gasteiger partial charge in [0.1, 0.15) is 4.88 Å². The van der Waals surface area contributed by atoms with Crippen LogP contribution in [0.1, 0.15) is 31.3 Å². The van der Waals surface area contributed by atoms with Crippen LogP contribution in [0.2, 0.25) is 10.0 Å². The Balaban J connectivity index is 1.21. The molecule has 1 amide bonds. The number of thiophene rings is 1. The Morgan fingerprint density at radius 3 is 2.62 bits per heavy atom. The Hall–Kier alpha value is -4.18. The number of hydrogen-bond donors (Lipinski definition) is 1. The van der Waals surface area contributed by atoms with Gasteiger partial charge in [0.25, 0.3) is 5.91 Å². The van der Waals surface area contributed by atoms with Gasteiger partial charge < -0.3 is 9.47 Å². The first-order chi connectivity index (χ1) is 18.9. The van der Waals surface area contributed by atoms with Crippen molar-refractivity contribution >= 4 is 62.7 Å². The summed E-state index contributed by atoms with van der Waals surface area (Å²) in [5, 5.41) is 10.1. The van der Waals surface area contributed by atoms with Crippen molar-refractivity contribution in [3.05, 3.63) is 111 Å². The maximum Gasteiger partial charge on any atom is 0.355 e. The van der Waals surface area contributed by atoms with Gasteiger partial charge in [0.05, 0.1) is 24.9 Å². The average molecular weight is 579 g/mol. The number of amides is 1. The van der Waals surface area contributed by atoms with E-state index in [4.69, 9.17) is 32.7 Å². The molecule has 0 saturated heterocycles. The molecule has 2 aromatic heterocycles. The third-order valence-electron chi connectivity index (χ3n) is 5.62. The summed E-state index contributed by atoms with van der Waals surface area (Å²) in [6, 6.07) is 21.4. The summed E-state index contributed by atoms with van der Waals surface area (Å²) < 4.78 is 13.5. The normalized spacial score (nSPS) is 11.2. The summed E-state index contributed by atoms with van der Waals surface area (Å²) in [6.07, 6.45) is 3.16. The van der Waals surface area contributed by atoms with Gasteiger partial charge in [-0.05, 0) is 53.6 Å². The highest BCUT2D eigenvalue weighted by Crippen LogP contribution is 2.37. The molecule has 0 radical (unpaired) electrons. The van der Waals surface area contributed by atoms with Crippen molar-refractivity contribution in [2.75, 3.05) is 7.11 Å². The SMILES string of the molecule is COc1cc(C=NNC(=O)c2ccn(Cc3ccc(Cl)cc3)n2)ccc1OC(=O)c1sc2ccccc2c1Cl. The molecule has 0 atom stereocenters. The van der Waals surface area contributed by atoms with Crippen LogP contribution in [0.4, 0.5) is 0 Å². The van der Waals surface area contributed by atoms with Crippen LogP contribution in [-0.2, 0) is 6.54 Å². The van der Waals surface area contributed by atoms with E-state index in [0.29, 0.717) is 32.8 Å². The molecule has 0 bridgehead atoms. The van der Waals surface area contributed by atoms with Gasteiger partial charge in [-0.1, -0.05) is 53.5 Å². The minimum atomic E-state index is -0.580. The van der Waals surface area contributed by atoms with Crippen LogP contribution in [0.3, 0.4) is 0 Å². The summed E-state index contributed by atoms with van der Waals surface area (Å²) in [4.78, 5) is 25.6. The molecular formula is C28H20Cl2N4O4S. The minimum absolute atomic E-state index is 0.223. The summed E-state index contributed by atoms with van der Waals surface area (Å²) in [6.45, 7) is 0.500. The second-order valence-corrected chi connectivity index (χ2v) is 10.1. The smallest absolute Gasteiger partial charge is 0.355 e. The summed E-state index contributed by atoms with van der Waals surface area (Å²) in [7, 11) is 1.46. The van der Waals surface area contributed by atoms with Crippen molar-refractivity contribution in [3.8, 4) is 11.5 Å². The lowest BCUT2D eigenvalue weighted by atomic mass is 10.2. The second kappa shape index (κ2) is 11.7. The van der Waals surface area contributed by atoms with Gasteiger partial charge in [0.2, 0.25) is 0 Å². The van der Waals surface area contributed by atoms with Crippen LogP contribution in [0.5, 0.6) is 11.5 Å². The highest BCUT2D eigenvalue weighted by molar-refractivity contribution is 7.21. The third kappa shape index (κ3) is 6.12. The van der Waals surface area contributed by atoms with Gasteiger partial charge in [-0.15, -0.1) is 11.3 Å². The van der Waals surface area contributed by atoms with E-state index in [1.165, 1.54) is 24.7 Å². The minimum Gasteiger partial charge on any atom is -0.493 e. The molecule has 2 heterocycles. The van der Waals surface area contributed by atoms with E-state index < -0.39 is 11.9 Å². The van der Waals surface area contributed by atoms with E-state index >= 15 is 0 Å². The maximum atomic E-state index is 12.8. The topological polar surface area (TPSA) is 94.8 Å². The fourth-order valence-electron chi connectivity index (χ4n) is 3.71. The monoisotopic (exact) mass is 578 g/mol. The zero-order chi connectivity index (χ0) is 27.4. The molecule has 3 aromatic carbocycles. The molecular weight excluding hydrogens is 559 g/mol. The van der Waals surface area contributed by atoms with Gasteiger partial charge in [-0.2, -0.15) is 10.2 Å². The van der Waals surface area contributed by atoms with Crippen LogP contribution in [0.25, 0.3) is 10.1 Å². The molecule has 39 heavy (non-hydrogen) atoms. The van der Waals surface area contributed by atoms with Gasteiger partial charge in [0, 0.05) is 21.3 Å². The first-order valence-corrected chi connectivity index (χ1v) is 13.2. The number of rotatable bonds is 8. The predicted molar refractivity (Wildman–Crippen MR) is 153 cm³/mol. The first kappa shape index (κ1) is 26.4. The number of fused-ring (bicyclic) bond motifs is 1. The van der Waals surface area contributed by atoms with E-state index in [2.05, 4.69) is 15.6 Å². The second-order valence-electron chi connectivity index (χ2n) is 8.27. The van der Waals surface area contributed by atoms with Crippen molar-refractivity contribution < 1.29 is 19.1 Å². The number of carbonyl (C=O) groups excluding carboxylic acids is 2. The number of hydrogen-bond acceptors (Lipinski definition) is 7. The van der Waals surface area contributed by atoms with Crippen molar-refractivity contribution in [1.29, 1.82) is 0 Å². The molecule has 0 aliphatic rings. The van der Waals surface area contributed by atoms with Crippen molar-refractivity contribution in [2.24, 2.45) is 5.10 Å². The standard InChI is InChI=1S/C28H20Cl2N4O4S/c1-37-23-14-18(8-11-22(23)38-28(36)26-25(30)20-4-2-3-5-24(20)39-26)15-31-32-27(35)21-12-13-34(33-21)16-17-6-9-19(29)10-7-17/h2-15H,16H2,1H3,(H,32,35). The molecule has 8 nitrogen and oxygen atoms in total. The first-order valence-electron chi connectivity index (χ1n) is 11.6. The van der Waals surface area contributed by atoms with Crippen LogP contribution in [0, 0.1) is 0 Å². The van der Waals surface area contributed by atoms with Gasteiger partial charge in [-0.3, -0.25) is 9.48 Å². The van der Waals surface area contributed by atoms with Crippen LogP contribution < -0.4 is 14.9 Å². The Labute approximate surface area is 237 Å². The molecule has 11 heteroatoms. The summed E-state index contributed by atoms with van der Waals surface area (Å²) in [5.41, 5.74) is 4.29. The molecule has 0 fully saturated rings. The van der Waals surface area contributed by atoms with Gasteiger partial charge >= 0.3 is 5.97 Å². The lowest BCUT2D eigenvalue weighted by Gasteiger charge is -2.09. The number of halogens is 2.